The first kappa shape index (κ1) is 12.9. The predicted molar refractivity (Wildman–Crippen MR) is 65.6 cm³/mol. The van der Waals surface area contributed by atoms with Crippen molar-refractivity contribution in [3.05, 3.63) is 40.5 Å². The summed E-state index contributed by atoms with van der Waals surface area (Å²) in [6.07, 6.45) is -2.77. The van der Waals surface area contributed by atoms with Crippen LogP contribution in [0.2, 0.25) is 0 Å². The highest BCUT2D eigenvalue weighted by Crippen LogP contribution is 2.37. The molecule has 0 aliphatic carbocycles. The van der Waals surface area contributed by atoms with Crippen molar-refractivity contribution >= 4 is 27.4 Å². The molecular weight excluding hydrogens is 311 g/mol. The maximum atomic E-state index is 12.8. The average Bonchev–Trinajstić information content (AvgIpc) is 2.65. The van der Waals surface area contributed by atoms with E-state index in [-0.39, 0.29) is 5.69 Å². The third-order valence-corrected chi connectivity index (χ3v) is 2.76. The van der Waals surface area contributed by atoms with Crippen molar-refractivity contribution in [2.24, 2.45) is 7.05 Å². The second-order valence-electron chi connectivity index (χ2n) is 3.69. The predicted octanol–water partition coefficient (Wildman–Crippen LogP) is 3.95. The fraction of sp³-hybridized carbons (Fsp3) is 0.182. The number of nitrogens with zero attached hydrogens (tertiary/aromatic N) is 2. The van der Waals surface area contributed by atoms with Crippen LogP contribution in [0.3, 0.4) is 0 Å². The molecule has 2 aromatic rings. The number of nitrogens with one attached hydrogen (secondary N) is 1. The van der Waals surface area contributed by atoms with Crippen LogP contribution in [0.15, 0.2) is 34.9 Å². The van der Waals surface area contributed by atoms with E-state index in [0.717, 1.165) is 6.07 Å². The molecule has 0 unspecified atom stereocenters. The molecule has 96 valence electrons. The normalized spacial score (nSPS) is 11.6. The highest BCUT2D eigenvalue weighted by Gasteiger charge is 2.33. The molecule has 1 aromatic heterocycles. The molecule has 0 atom stereocenters. The molecule has 0 bridgehead atoms. The van der Waals surface area contributed by atoms with Crippen LogP contribution in [0.25, 0.3) is 0 Å². The van der Waals surface area contributed by atoms with Gasteiger partial charge < -0.3 is 5.32 Å². The minimum atomic E-state index is -4.42. The first-order valence-corrected chi connectivity index (χ1v) is 5.79. The lowest BCUT2D eigenvalue weighted by atomic mass is 10.1. The minimum absolute atomic E-state index is 0.0237. The molecule has 0 amide bonds. The average molecular weight is 320 g/mol. The van der Waals surface area contributed by atoms with Crippen molar-refractivity contribution in [2.45, 2.75) is 6.18 Å². The van der Waals surface area contributed by atoms with Gasteiger partial charge in [-0.15, -0.1) is 0 Å². The number of alkyl halides is 3. The SMILES string of the molecule is Cn1ccc(Nc2ccc(Br)cc2C(F)(F)F)n1. The van der Waals surface area contributed by atoms with Gasteiger partial charge in [0.25, 0.3) is 0 Å². The Morgan fingerprint density at radius 2 is 2.00 bits per heavy atom. The van der Waals surface area contributed by atoms with E-state index in [0.29, 0.717) is 10.3 Å². The maximum absolute atomic E-state index is 12.8. The summed E-state index contributed by atoms with van der Waals surface area (Å²) in [6.45, 7) is 0. The van der Waals surface area contributed by atoms with Gasteiger partial charge in [0.05, 0.1) is 11.3 Å². The first-order chi connectivity index (χ1) is 8.36. The Morgan fingerprint density at radius 3 is 2.56 bits per heavy atom. The summed E-state index contributed by atoms with van der Waals surface area (Å²) in [5.74, 6) is 0.366. The fourth-order valence-corrected chi connectivity index (χ4v) is 1.84. The molecule has 7 heteroatoms. The molecule has 0 saturated heterocycles. The molecule has 1 heterocycles. The zero-order valence-corrected chi connectivity index (χ0v) is 10.9. The van der Waals surface area contributed by atoms with Gasteiger partial charge in [0, 0.05) is 23.8 Å². The molecule has 1 N–H and O–H groups in total. The Labute approximate surface area is 110 Å². The van der Waals surface area contributed by atoms with Crippen molar-refractivity contribution < 1.29 is 13.2 Å². The van der Waals surface area contributed by atoms with Crippen LogP contribution in [0.1, 0.15) is 5.56 Å². The van der Waals surface area contributed by atoms with E-state index in [1.165, 1.54) is 10.7 Å². The van der Waals surface area contributed by atoms with Gasteiger partial charge in [0.2, 0.25) is 0 Å². The highest BCUT2D eigenvalue weighted by molar-refractivity contribution is 9.10. The third kappa shape index (κ3) is 2.84. The summed E-state index contributed by atoms with van der Waals surface area (Å²) >= 11 is 3.03. The number of hydrogen-bond acceptors (Lipinski definition) is 2. The van der Waals surface area contributed by atoms with Gasteiger partial charge >= 0.3 is 6.18 Å². The van der Waals surface area contributed by atoms with E-state index in [9.17, 15) is 13.2 Å². The number of rotatable bonds is 2. The lowest BCUT2D eigenvalue weighted by molar-refractivity contribution is -0.137. The molecular formula is C11H9BrF3N3. The lowest BCUT2D eigenvalue weighted by Crippen LogP contribution is -2.09. The summed E-state index contributed by atoms with van der Waals surface area (Å²) in [5.41, 5.74) is -0.757. The quantitative estimate of drug-likeness (QED) is 0.908. The second-order valence-corrected chi connectivity index (χ2v) is 4.60. The topological polar surface area (TPSA) is 29.9 Å². The van der Waals surface area contributed by atoms with Crippen molar-refractivity contribution in [1.82, 2.24) is 9.78 Å². The summed E-state index contributed by atoms with van der Waals surface area (Å²) in [5, 5.41) is 6.63. The summed E-state index contributed by atoms with van der Waals surface area (Å²) in [4.78, 5) is 0. The summed E-state index contributed by atoms with van der Waals surface area (Å²) in [7, 11) is 1.69. The Kier molecular flexibility index (Phi) is 3.34. The number of anilines is 2. The van der Waals surface area contributed by atoms with E-state index in [2.05, 4.69) is 26.3 Å². The zero-order chi connectivity index (χ0) is 13.3. The number of aromatic nitrogens is 2. The minimum Gasteiger partial charge on any atom is -0.338 e. The van der Waals surface area contributed by atoms with Crippen molar-refractivity contribution in [3.8, 4) is 0 Å². The molecule has 18 heavy (non-hydrogen) atoms. The number of aryl methyl sites for hydroxylation is 1. The van der Waals surface area contributed by atoms with E-state index < -0.39 is 11.7 Å². The smallest absolute Gasteiger partial charge is 0.338 e. The van der Waals surface area contributed by atoms with Gasteiger partial charge in [-0.1, -0.05) is 15.9 Å². The second kappa shape index (κ2) is 4.64. The third-order valence-electron chi connectivity index (χ3n) is 2.26. The van der Waals surface area contributed by atoms with Crippen LogP contribution in [0.4, 0.5) is 24.7 Å². The van der Waals surface area contributed by atoms with Crippen LogP contribution in [-0.4, -0.2) is 9.78 Å². The fourth-order valence-electron chi connectivity index (χ4n) is 1.48. The monoisotopic (exact) mass is 319 g/mol. The Hall–Kier alpha value is -1.50. The van der Waals surface area contributed by atoms with Gasteiger partial charge in [-0.3, -0.25) is 4.68 Å². The maximum Gasteiger partial charge on any atom is 0.418 e. The van der Waals surface area contributed by atoms with Crippen LogP contribution in [-0.2, 0) is 13.2 Å². The lowest BCUT2D eigenvalue weighted by Gasteiger charge is -2.13. The Balaban J connectivity index is 2.38. The molecule has 0 fully saturated rings. The standard InChI is InChI=1S/C11H9BrF3N3/c1-18-5-4-10(17-18)16-9-3-2-7(12)6-8(9)11(13,14)15/h2-6H,1H3,(H,16,17). The van der Waals surface area contributed by atoms with E-state index in [1.54, 1.807) is 25.4 Å². The van der Waals surface area contributed by atoms with Gasteiger partial charge in [0.15, 0.2) is 5.82 Å². The first-order valence-electron chi connectivity index (χ1n) is 4.99. The molecule has 0 aliphatic heterocycles. The molecule has 0 aliphatic rings. The zero-order valence-electron chi connectivity index (χ0n) is 9.29. The van der Waals surface area contributed by atoms with Crippen molar-refractivity contribution in [1.29, 1.82) is 0 Å². The summed E-state index contributed by atoms with van der Waals surface area (Å²) in [6, 6.07) is 5.54. The number of halogens is 4. The van der Waals surface area contributed by atoms with E-state index in [1.807, 2.05) is 0 Å². The summed E-state index contributed by atoms with van der Waals surface area (Å²) < 4.78 is 40.4. The molecule has 0 radical (unpaired) electrons. The van der Waals surface area contributed by atoms with Crippen molar-refractivity contribution in [3.63, 3.8) is 0 Å². The Bertz CT molecular complexity index is 563. The van der Waals surface area contributed by atoms with Gasteiger partial charge in [-0.2, -0.15) is 18.3 Å². The number of benzene rings is 1. The van der Waals surface area contributed by atoms with Gasteiger partial charge in [-0.05, 0) is 18.2 Å². The van der Waals surface area contributed by atoms with E-state index >= 15 is 0 Å². The van der Waals surface area contributed by atoms with Crippen LogP contribution in [0.5, 0.6) is 0 Å². The van der Waals surface area contributed by atoms with Crippen LogP contribution >= 0.6 is 15.9 Å². The molecule has 0 spiro atoms. The number of hydrogen-bond donors (Lipinski definition) is 1. The van der Waals surface area contributed by atoms with Gasteiger partial charge in [0.1, 0.15) is 0 Å². The molecule has 0 saturated carbocycles. The highest BCUT2D eigenvalue weighted by atomic mass is 79.9. The Morgan fingerprint density at radius 1 is 1.28 bits per heavy atom. The molecule has 1 aromatic carbocycles. The van der Waals surface area contributed by atoms with Crippen LogP contribution < -0.4 is 5.32 Å². The molecule has 2 rings (SSSR count). The van der Waals surface area contributed by atoms with Crippen molar-refractivity contribution in [2.75, 3.05) is 5.32 Å². The van der Waals surface area contributed by atoms with E-state index in [4.69, 9.17) is 0 Å². The largest absolute Gasteiger partial charge is 0.418 e. The molecule has 3 nitrogen and oxygen atoms in total. The van der Waals surface area contributed by atoms with Crippen LogP contribution in [0, 0.1) is 0 Å². The van der Waals surface area contributed by atoms with Gasteiger partial charge in [-0.25, -0.2) is 0 Å².